The van der Waals surface area contributed by atoms with Crippen LogP contribution in [0.25, 0.3) is 0 Å². The third-order valence-electron chi connectivity index (χ3n) is 3.88. The first-order valence-electron chi connectivity index (χ1n) is 7.44. The van der Waals surface area contributed by atoms with Crippen LogP contribution in [-0.2, 0) is 4.74 Å². The highest BCUT2D eigenvalue weighted by atomic mass is 79.9. The van der Waals surface area contributed by atoms with Crippen LogP contribution in [0.15, 0.2) is 53.0 Å². The van der Waals surface area contributed by atoms with Gasteiger partial charge >= 0.3 is 0 Å². The molecule has 0 aliphatic heterocycles. The van der Waals surface area contributed by atoms with E-state index in [9.17, 15) is 0 Å². The van der Waals surface area contributed by atoms with Crippen molar-refractivity contribution in [3.8, 4) is 0 Å². The Morgan fingerprint density at radius 3 is 2.45 bits per heavy atom. The molecule has 0 bridgehead atoms. The van der Waals surface area contributed by atoms with Gasteiger partial charge in [0, 0.05) is 4.47 Å². The first-order valence-corrected chi connectivity index (χ1v) is 8.23. The summed E-state index contributed by atoms with van der Waals surface area (Å²) in [5.41, 5.74) is 1.47. The van der Waals surface area contributed by atoms with E-state index < -0.39 is 0 Å². The summed E-state index contributed by atoms with van der Waals surface area (Å²) >= 11 is 3.49. The highest BCUT2D eigenvalue weighted by Gasteiger charge is 2.22. The Kier molecular flexibility index (Phi) is 6.55. The second-order valence-corrected chi connectivity index (χ2v) is 6.23. The van der Waals surface area contributed by atoms with E-state index in [1.807, 2.05) is 25.2 Å². The van der Waals surface area contributed by atoms with Crippen molar-refractivity contribution in [2.45, 2.75) is 44.6 Å². The fourth-order valence-electron chi connectivity index (χ4n) is 2.73. The highest BCUT2D eigenvalue weighted by molar-refractivity contribution is 9.10. The quantitative estimate of drug-likeness (QED) is 0.634. The van der Waals surface area contributed by atoms with Gasteiger partial charge in [0.15, 0.2) is 0 Å². The van der Waals surface area contributed by atoms with Gasteiger partial charge in [-0.05, 0) is 56.2 Å². The van der Waals surface area contributed by atoms with Gasteiger partial charge in [-0.2, -0.15) is 0 Å². The van der Waals surface area contributed by atoms with E-state index in [0.29, 0.717) is 12.0 Å². The van der Waals surface area contributed by atoms with Crippen LogP contribution in [0.4, 0.5) is 0 Å². The summed E-state index contributed by atoms with van der Waals surface area (Å²) in [6.07, 6.45) is 13.5. The van der Waals surface area contributed by atoms with Crippen molar-refractivity contribution in [1.82, 2.24) is 0 Å². The number of benzene rings is 1. The van der Waals surface area contributed by atoms with Crippen LogP contribution in [0.2, 0.25) is 0 Å². The average Bonchev–Trinajstić information content (AvgIpc) is 2.49. The van der Waals surface area contributed by atoms with E-state index >= 15 is 0 Å². The molecule has 108 valence electrons. The molecule has 0 radical (unpaired) electrons. The molecule has 1 aromatic rings. The summed E-state index contributed by atoms with van der Waals surface area (Å²) in [7, 11) is 0. The molecule has 1 aliphatic carbocycles. The predicted molar refractivity (Wildman–Crippen MR) is 89.0 cm³/mol. The maximum Gasteiger partial charge on any atom is 0.0654 e. The Morgan fingerprint density at radius 2 is 1.80 bits per heavy atom. The van der Waals surface area contributed by atoms with Gasteiger partial charge < -0.3 is 4.74 Å². The summed E-state index contributed by atoms with van der Waals surface area (Å²) in [6, 6.07) is 8.78. The number of allylic oxidation sites excluding steroid dienone is 3. The number of ether oxygens (including phenoxy) is 1. The summed E-state index contributed by atoms with van der Waals surface area (Å²) < 4.78 is 7.06. The molecule has 0 saturated heterocycles. The van der Waals surface area contributed by atoms with Crippen LogP contribution in [0, 0.1) is 0 Å². The fraction of sp³-hybridized carbons (Fsp3) is 0.444. The van der Waals surface area contributed by atoms with Crippen LogP contribution in [-0.4, -0.2) is 12.7 Å². The average molecular weight is 335 g/mol. The third kappa shape index (κ3) is 4.92. The Balaban J connectivity index is 1.73. The van der Waals surface area contributed by atoms with Gasteiger partial charge in [-0.25, -0.2) is 0 Å². The molecule has 1 fully saturated rings. The van der Waals surface area contributed by atoms with E-state index in [0.717, 1.165) is 11.1 Å². The van der Waals surface area contributed by atoms with E-state index in [2.05, 4.69) is 46.3 Å². The van der Waals surface area contributed by atoms with Crippen LogP contribution < -0.4 is 0 Å². The number of halogens is 1. The molecular formula is C18H23BrO. The van der Waals surface area contributed by atoms with Gasteiger partial charge in [0.2, 0.25) is 0 Å². The smallest absolute Gasteiger partial charge is 0.0654 e. The molecule has 0 unspecified atom stereocenters. The van der Waals surface area contributed by atoms with E-state index in [1.54, 1.807) is 0 Å². The molecule has 20 heavy (non-hydrogen) atoms. The number of rotatable bonds is 5. The molecule has 2 rings (SSSR count). The van der Waals surface area contributed by atoms with Crippen molar-refractivity contribution in [3.05, 3.63) is 58.6 Å². The minimum atomic E-state index is 0.442. The van der Waals surface area contributed by atoms with Gasteiger partial charge in [-0.15, -0.1) is 0 Å². The lowest BCUT2D eigenvalue weighted by atomic mass is 9.83. The molecule has 1 saturated carbocycles. The van der Waals surface area contributed by atoms with Crippen LogP contribution in [0.3, 0.4) is 0 Å². The van der Waals surface area contributed by atoms with E-state index in [4.69, 9.17) is 4.74 Å². The normalized spacial score (nSPS) is 23.7. The van der Waals surface area contributed by atoms with Crippen LogP contribution in [0.1, 0.15) is 44.1 Å². The maximum atomic E-state index is 5.90. The summed E-state index contributed by atoms with van der Waals surface area (Å²) in [5, 5.41) is 0. The monoisotopic (exact) mass is 334 g/mol. The maximum absolute atomic E-state index is 5.90. The Bertz CT molecular complexity index is 439. The minimum Gasteiger partial charge on any atom is -0.374 e. The molecule has 1 aromatic carbocycles. The molecule has 1 nitrogen and oxygen atoms in total. The molecule has 0 aromatic heterocycles. The zero-order valence-corrected chi connectivity index (χ0v) is 13.7. The predicted octanol–water partition coefficient (Wildman–Crippen LogP) is 5.62. The standard InChI is InChI=1S/C18H23BrO/c1-2-3-4-5-14-20-18-12-8-16(9-13-18)15-6-10-17(19)11-7-15/h2-7,10-11,16,18H,8-9,12-14H2,1H3/b3-2+,5-4+. The van der Waals surface area contributed by atoms with Gasteiger partial charge in [0.05, 0.1) is 12.7 Å². The summed E-state index contributed by atoms with van der Waals surface area (Å²) in [5.74, 6) is 0.710. The van der Waals surface area contributed by atoms with Crippen molar-refractivity contribution in [2.24, 2.45) is 0 Å². The summed E-state index contributed by atoms with van der Waals surface area (Å²) in [6.45, 7) is 2.76. The Morgan fingerprint density at radius 1 is 1.10 bits per heavy atom. The SMILES string of the molecule is C/C=C/C=C/COC1CCC(c2ccc(Br)cc2)CC1. The first-order chi connectivity index (χ1) is 9.79. The number of hydrogen-bond donors (Lipinski definition) is 0. The molecule has 0 heterocycles. The first kappa shape index (κ1) is 15.5. The van der Waals surface area contributed by atoms with Crippen molar-refractivity contribution < 1.29 is 4.74 Å². The largest absolute Gasteiger partial charge is 0.374 e. The van der Waals surface area contributed by atoms with E-state index in [1.165, 1.54) is 31.2 Å². The fourth-order valence-corrected chi connectivity index (χ4v) is 3.00. The van der Waals surface area contributed by atoms with Gasteiger partial charge in [0.25, 0.3) is 0 Å². The van der Waals surface area contributed by atoms with Gasteiger partial charge in [-0.3, -0.25) is 0 Å². The minimum absolute atomic E-state index is 0.442. The molecule has 0 atom stereocenters. The van der Waals surface area contributed by atoms with Crippen LogP contribution >= 0.6 is 15.9 Å². The zero-order valence-electron chi connectivity index (χ0n) is 12.1. The lowest BCUT2D eigenvalue weighted by Crippen LogP contribution is -2.20. The van der Waals surface area contributed by atoms with Gasteiger partial charge in [0.1, 0.15) is 0 Å². The van der Waals surface area contributed by atoms with Crippen molar-refractivity contribution in [2.75, 3.05) is 6.61 Å². The zero-order chi connectivity index (χ0) is 14.2. The second kappa shape index (κ2) is 8.43. The van der Waals surface area contributed by atoms with Crippen molar-refractivity contribution in [3.63, 3.8) is 0 Å². The molecule has 0 spiro atoms. The molecule has 0 N–H and O–H groups in total. The topological polar surface area (TPSA) is 9.23 Å². The number of hydrogen-bond acceptors (Lipinski definition) is 1. The molecule has 2 heteroatoms. The molecule has 0 amide bonds. The molecule has 1 aliphatic rings. The second-order valence-electron chi connectivity index (χ2n) is 5.31. The van der Waals surface area contributed by atoms with Crippen molar-refractivity contribution >= 4 is 15.9 Å². The highest BCUT2D eigenvalue weighted by Crippen LogP contribution is 2.34. The van der Waals surface area contributed by atoms with Gasteiger partial charge in [-0.1, -0.05) is 52.4 Å². The summed E-state index contributed by atoms with van der Waals surface area (Å²) in [4.78, 5) is 0. The lowest BCUT2D eigenvalue weighted by molar-refractivity contribution is 0.0422. The van der Waals surface area contributed by atoms with Crippen molar-refractivity contribution in [1.29, 1.82) is 0 Å². The van der Waals surface area contributed by atoms with Crippen LogP contribution in [0.5, 0.6) is 0 Å². The Hall–Kier alpha value is -0.860. The third-order valence-corrected chi connectivity index (χ3v) is 4.41. The lowest BCUT2D eigenvalue weighted by Gasteiger charge is -2.28. The molecular weight excluding hydrogens is 312 g/mol. The van der Waals surface area contributed by atoms with E-state index in [-0.39, 0.29) is 0 Å². The Labute approximate surface area is 130 Å².